The first-order valence-electron chi connectivity index (χ1n) is 3.59. The number of benzene rings is 1. The van der Waals surface area contributed by atoms with Gasteiger partial charge in [0.05, 0.1) is 0 Å². The summed E-state index contributed by atoms with van der Waals surface area (Å²) >= 11 is 0. The zero-order valence-corrected chi connectivity index (χ0v) is 6.52. The van der Waals surface area contributed by atoms with Crippen LogP contribution in [0.4, 0.5) is 0 Å². The molecule has 0 aliphatic rings. The van der Waals surface area contributed by atoms with Gasteiger partial charge in [-0.25, -0.2) is 0 Å². The van der Waals surface area contributed by atoms with Crippen LogP contribution in [0.5, 0.6) is 0 Å². The summed E-state index contributed by atoms with van der Waals surface area (Å²) in [5, 5.41) is 0. The van der Waals surface area contributed by atoms with E-state index >= 15 is 0 Å². The molecule has 0 N–H and O–H groups in total. The predicted molar refractivity (Wildman–Crippen MR) is 45.9 cm³/mol. The minimum absolute atomic E-state index is 0.919. The first kappa shape index (κ1) is 7.39. The highest BCUT2D eigenvalue weighted by Gasteiger charge is 1.92. The molecular formula is C9H11B. The smallest absolute Gasteiger partial charge is 0.0933 e. The highest BCUT2D eigenvalue weighted by atomic mass is 14.0. The second kappa shape index (κ2) is 2.91. The lowest BCUT2D eigenvalue weighted by atomic mass is 9.88. The largest absolute Gasteiger partial charge is 0.114 e. The number of aryl methyl sites for hydroxylation is 2. The second-order valence-corrected chi connectivity index (χ2v) is 2.56. The average Bonchev–Trinajstić information content (AvgIpc) is 1.88. The maximum atomic E-state index is 5.73. The fourth-order valence-electron chi connectivity index (χ4n) is 1.04. The Morgan fingerprint density at radius 1 is 1.40 bits per heavy atom. The van der Waals surface area contributed by atoms with Gasteiger partial charge >= 0.3 is 0 Å². The summed E-state index contributed by atoms with van der Waals surface area (Å²) in [7, 11) is 5.73. The molecule has 0 spiro atoms. The maximum Gasteiger partial charge on any atom is 0.114 e. The van der Waals surface area contributed by atoms with Gasteiger partial charge in [0.2, 0.25) is 0 Å². The quantitative estimate of drug-likeness (QED) is 0.503. The van der Waals surface area contributed by atoms with E-state index in [1.165, 1.54) is 11.1 Å². The van der Waals surface area contributed by atoms with Crippen LogP contribution in [0.1, 0.15) is 18.1 Å². The second-order valence-electron chi connectivity index (χ2n) is 2.56. The van der Waals surface area contributed by atoms with Gasteiger partial charge in [0.1, 0.15) is 7.85 Å². The van der Waals surface area contributed by atoms with Crippen LogP contribution < -0.4 is 5.46 Å². The van der Waals surface area contributed by atoms with Gasteiger partial charge in [-0.3, -0.25) is 0 Å². The minimum Gasteiger partial charge on any atom is -0.0933 e. The molecule has 0 amide bonds. The summed E-state index contributed by atoms with van der Waals surface area (Å²) < 4.78 is 0. The van der Waals surface area contributed by atoms with E-state index in [0.717, 1.165) is 11.9 Å². The zero-order valence-electron chi connectivity index (χ0n) is 6.52. The van der Waals surface area contributed by atoms with Crippen LogP contribution in [-0.4, -0.2) is 7.85 Å². The molecule has 1 aromatic carbocycles. The Morgan fingerprint density at radius 2 is 2.10 bits per heavy atom. The minimum atomic E-state index is 0.919. The van der Waals surface area contributed by atoms with Crippen molar-refractivity contribution in [2.24, 2.45) is 0 Å². The molecule has 2 radical (unpaired) electrons. The van der Waals surface area contributed by atoms with E-state index in [0.29, 0.717) is 0 Å². The molecule has 0 atom stereocenters. The topological polar surface area (TPSA) is 0 Å². The van der Waals surface area contributed by atoms with E-state index in [4.69, 9.17) is 7.85 Å². The van der Waals surface area contributed by atoms with E-state index in [9.17, 15) is 0 Å². The summed E-state index contributed by atoms with van der Waals surface area (Å²) in [5.74, 6) is 0. The van der Waals surface area contributed by atoms with Gasteiger partial charge in [-0.05, 0) is 13.3 Å². The van der Waals surface area contributed by atoms with Gasteiger partial charge < -0.3 is 0 Å². The Kier molecular flexibility index (Phi) is 2.15. The van der Waals surface area contributed by atoms with Crippen molar-refractivity contribution in [1.29, 1.82) is 0 Å². The van der Waals surface area contributed by atoms with Crippen LogP contribution in [0.25, 0.3) is 0 Å². The van der Waals surface area contributed by atoms with Gasteiger partial charge in [-0.1, -0.05) is 41.7 Å². The van der Waals surface area contributed by atoms with Crippen molar-refractivity contribution in [2.75, 3.05) is 0 Å². The fraction of sp³-hybridized carbons (Fsp3) is 0.333. The van der Waals surface area contributed by atoms with Crippen LogP contribution >= 0.6 is 0 Å². The molecule has 50 valence electrons. The normalized spacial score (nSPS) is 9.80. The molecule has 0 aromatic heterocycles. The van der Waals surface area contributed by atoms with Gasteiger partial charge in [-0.15, -0.1) is 0 Å². The molecule has 0 heterocycles. The molecule has 1 aromatic rings. The third-order valence-corrected chi connectivity index (χ3v) is 1.68. The van der Waals surface area contributed by atoms with Crippen LogP contribution in [0.15, 0.2) is 18.2 Å². The Hall–Kier alpha value is -0.715. The monoisotopic (exact) mass is 130 g/mol. The molecule has 0 aliphatic carbocycles. The van der Waals surface area contributed by atoms with E-state index in [1.54, 1.807) is 0 Å². The molecule has 10 heavy (non-hydrogen) atoms. The lowest BCUT2D eigenvalue weighted by Crippen LogP contribution is -2.09. The first-order valence-corrected chi connectivity index (χ1v) is 3.59. The molecule has 1 heteroatoms. The van der Waals surface area contributed by atoms with Crippen molar-refractivity contribution in [3.05, 3.63) is 29.3 Å². The lowest BCUT2D eigenvalue weighted by molar-refractivity contribution is 1.15. The van der Waals surface area contributed by atoms with E-state index in [-0.39, 0.29) is 0 Å². The molecule has 0 saturated heterocycles. The van der Waals surface area contributed by atoms with Crippen LogP contribution in [0.3, 0.4) is 0 Å². The van der Waals surface area contributed by atoms with Crippen molar-refractivity contribution < 1.29 is 0 Å². The molecular weight excluding hydrogens is 119 g/mol. The standard InChI is InChI=1S/C9H11B/c1-3-8-5-4-7(2)6-9(8)10/h4-6H,3H2,1-2H3. The molecule has 0 bridgehead atoms. The van der Waals surface area contributed by atoms with Crippen molar-refractivity contribution >= 4 is 13.3 Å². The molecule has 0 fully saturated rings. The third-order valence-electron chi connectivity index (χ3n) is 1.68. The molecule has 1 rings (SSSR count). The van der Waals surface area contributed by atoms with E-state index in [1.807, 2.05) is 6.07 Å². The Labute approximate surface area is 63.7 Å². The lowest BCUT2D eigenvalue weighted by Gasteiger charge is -2.02. The van der Waals surface area contributed by atoms with Gasteiger partial charge in [-0.2, -0.15) is 0 Å². The van der Waals surface area contributed by atoms with Crippen LogP contribution in [0, 0.1) is 6.92 Å². The SMILES string of the molecule is [B]c1cc(C)ccc1CC. The Morgan fingerprint density at radius 3 is 2.60 bits per heavy atom. The van der Waals surface area contributed by atoms with Crippen molar-refractivity contribution in [3.63, 3.8) is 0 Å². The Balaban J connectivity index is 3.07. The Bertz CT molecular complexity index is 228. The predicted octanol–water partition coefficient (Wildman–Crippen LogP) is 1.35. The third kappa shape index (κ3) is 1.41. The summed E-state index contributed by atoms with van der Waals surface area (Å²) in [6.45, 7) is 4.16. The maximum absolute atomic E-state index is 5.73. The fourth-order valence-corrected chi connectivity index (χ4v) is 1.04. The van der Waals surface area contributed by atoms with Gasteiger partial charge in [0.25, 0.3) is 0 Å². The zero-order chi connectivity index (χ0) is 7.56. The number of hydrogen-bond donors (Lipinski definition) is 0. The summed E-state index contributed by atoms with van der Waals surface area (Å²) in [6, 6.07) is 6.19. The van der Waals surface area contributed by atoms with Crippen molar-refractivity contribution in [2.45, 2.75) is 20.3 Å². The highest BCUT2D eigenvalue weighted by molar-refractivity contribution is 6.33. The van der Waals surface area contributed by atoms with Crippen LogP contribution in [0.2, 0.25) is 0 Å². The molecule has 0 aliphatic heterocycles. The number of hydrogen-bond acceptors (Lipinski definition) is 0. The van der Waals surface area contributed by atoms with E-state index < -0.39 is 0 Å². The van der Waals surface area contributed by atoms with Crippen molar-refractivity contribution in [3.8, 4) is 0 Å². The summed E-state index contributed by atoms with van der Waals surface area (Å²) in [6.07, 6.45) is 1.02. The van der Waals surface area contributed by atoms with Crippen LogP contribution in [-0.2, 0) is 6.42 Å². The molecule has 0 unspecified atom stereocenters. The first-order chi connectivity index (χ1) is 4.74. The summed E-state index contributed by atoms with van der Waals surface area (Å²) in [4.78, 5) is 0. The molecule has 0 saturated carbocycles. The summed E-state index contributed by atoms with van der Waals surface area (Å²) in [5.41, 5.74) is 3.39. The average molecular weight is 130 g/mol. The van der Waals surface area contributed by atoms with Gasteiger partial charge in [0.15, 0.2) is 0 Å². The molecule has 0 nitrogen and oxygen atoms in total. The highest BCUT2D eigenvalue weighted by Crippen LogP contribution is 1.99. The van der Waals surface area contributed by atoms with Crippen molar-refractivity contribution in [1.82, 2.24) is 0 Å². The van der Waals surface area contributed by atoms with E-state index in [2.05, 4.69) is 26.0 Å². The number of rotatable bonds is 1. The van der Waals surface area contributed by atoms with Gasteiger partial charge in [0, 0.05) is 0 Å².